The Balaban J connectivity index is 1.93. The fourth-order valence-electron chi connectivity index (χ4n) is 2.14. The summed E-state index contributed by atoms with van der Waals surface area (Å²) in [6.45, 7) is 3.81. The van der Waals surface area contributed by atoms with E-state index in [1.807, 2.05) is 19.1 Å². The van der Waals surface area contributed by atoms with Crippen LogP contribution in [0.1, 0.15) is 19.4 Å². The van der Waals surface area contributed by atoms with Crippen LogP contribution in [0.25, 0.3) is 6.08 Å². The fraction of sp³-hybridized carbons (Fsp3) is 0.200. The zero-order valence-corrected chi connectivity index (χ0v) is 14.6. The maximum Gasteiger partial charge on any atom is 0.331 e. The Hall–Kier alpha value is -3.15. The van der Waals surface area contributed by atoms with Crippen LogP contribution in [-0.4, -0.2) is 24.6 Å². The van der Waals surface area contributed by atoms with Crippen LogP contribution in [0.3, 0.4) is 0 Å². The molecule has 26 heavy (non-hydrogen) atoms. The summed E-state index contributed by atoms with van der Waals surface area (Å²) in [7, 11) is 0. The van der Waals surface area contributed by atoms with Gasteiger partial charge in [0.25, 0.3) is 5.91 Å². The minimum atomic E-state index is -1.03. The first-order valence-electron chi connectivity index (χ1n) is 8.16. The molecule has 1 amide bonds. The molecule has 2 aromatic rings. The van der Waals surface area contributed by atoms with Crippen molar-refractivity contribution in [1.82, 2.24) is 0 Å². The molecule has 0 unspecified atom stereocenters. The molecule has 0 aliphatic carbocycles. The van der Waals surface area contributed by atoms with Gasteiger partial charge in [-0.1, -0.05) is 24.3 Å². The van der Waals surface area contributed by atoms with Crippen molar-refractivity contribution >= 4 is 23.6 Å². The van der Waals surface area contributed by atoms with Crippen molar-refractivity contribution in [1.29, 1.82) is 0 Å². The van der Waals surface area contributed by atoms with Gasteiger partial charge in [0.05, 0.1) is 6.61 Å². The van der Waals surface area contributed by atoms with Crippen LogP contribution in [0.5, 0.6) is 5.75 Å². The van der Waals surface area contributed by atoms with Gasteiger partial charge in [-0.05, 0) is 44.2 Å². The summed E-state index contributed by atoms with van der Waals surface area (Å²) in [5.74, 6) is -1.04. The van der Waals surface area contributed by atoms with Crippen LogP contribution < -0.4 is 10.1 Å². The van der Waals surface area contributed by atoms with Crippen molar-refractivity contribution in [2.45, 2.75) is 20.0 Å². The van der Waals surface area contributed by atoms with Gasteiger partial charge < -0.3 is 14.8 Å². The summed E-state index contributed by atoms with van der Waals surface area (Å²) < 4.78 is 23.7. The van der Waals surface area contributed by atoms with Gasteiger partial charge >= 0.3 is 5.97 Å². The molecule has 2 rings (SSSR count). The molecule has 0 fully saturated rings. The number of nitrogens with one attached hydrogen (secondary N) is 1. The highest BCUT2D eigenvalue weighted by Crippen LogP contribution is 2.19. The van der Waals surface area contributed by atoms with Crippen molar-refractivity contribution in [3.05, 3.63) is 66.0 Å². The molecule has 0 saturated heterocycles. The molecule has 0 saturated carbocycles. The smallest absolute Gasteiger partial charge is 0.331 e. The van der Waals surface area contributed by atoms with Crippen LogP contribution >= 0.6 is 0 Å². The summed E-state index contributed by atoms with van der Waals surface area (Å²) in [4.78, 5) is 23.9. The predicted molar refractivity (Wildman–Crippen MR) is 97.2 cm³/mol. The van der Waals surface area contributed by atoms with E-state index in [4.69, 9.17) is 9.47 Å². The number of rotatable bonds is 7. The minimum Gasteiger partial charge on any atom is -0.493 e. The molecular formula is C20H20FNO4. The zero-order valence-electron chi connectivity index (χ0n) is 14.6. The second kappa shape index (κ2) is 9.36. The monoisotopic (exact) mass is 357 g/mol. The maximum absolute atomic E-state index is 13.1. The number of para-hydroxylation sites is 1. The average molecular weight is 357 g/mol. The molecule has 0 spiro atoms. The van der Waals surface area contributed by atoms with E-state index < -0.39 is 23.8 Å². The summed E-state index contributed by atoms with van der Waals surface area (Å²) in [5.41, 5.74) is 1.02. The molecule has 1 atom stereocenters. The summed E-state index contributed by atoms with van der Waals surface area (Å²) >= 11 is 0. The van der Waals surface area contributed by atoms with E-state index in [0.717, 1.165) is 5.56 Å². The van der Waals surface area contributed by atoms with E-state index >= 15 is 0 Å². The Bertz CT molecular complexity index is 804. The molecule has 0 bridgehead atoms. The van der Waals surface area contributed by atoms with Crippen molar-refractivity contribution in [3.8, 4) is 5.75 Å². The van der Waals surface area contributed by atoms with E-state index in [-0.39, 0.29) is 0 Å². The van der Waals surface area contributed by atoms with Crippen LogP contribution in [-0.2, 0) is 14.3 Å². The van der Waals surface area contributed by atoms with E-state index in [1.54, 1.807) is 24.3 Å². The van der Waals surface area contributed by atoms with Crippen LogP contribution in [0.4, 0.5) is 10.1 Å². The number of carbonyl (C=O) groups excluding carboxylic acids is 2. The maximum atomic E-state index is 13.1. The lowest BCUT2D eigenvalue weighted by molar-refractivity contribution is -0.148. The third kappa shape index (κ3) is 5.73. The van der Waals surface area contributed by atoms with E-state index in [2.05, 4.69) is 5.32 Å². The molecule has 6 heteroatoms. The Morgan fingerprint density at radius 3 is 2.69 bits per heavy atom. The van der Waals surface area contributed by atoms with Crippen molar-refractivity contribution < 1.29 is 23.5 Å². The molecule has 0 aromatic heterocycles. The average Bonchev–Trinajstić information content (AvgIpc) is 2.61. The first kappa shape index (κ1) is 19.2. The summed E-state index contributed by atoms with van der Waals surface area (Å²) in [6.07, 6.45) is 1.76. The lowest BCUT2D eigenvalue weighted by Gasteiger charge is -2.12. The van der Waals surface area contributed by atoms with Crippen molar-refractivity contribution in [2.75, 3.05) is 11.9 Å². The summed E-state index contributed by atoms with van der Waals surface area (Å²) in [5, 5.41) is 2.49. The van der Waals surface area contributed by atoms with E-state index in [9.17, 15) is 14.0 Å². The molecule has 0 radical (unpaired) electrons. The Morgan fingerprint density at radius 2 is 1.96 bits per heavy atom. The highest BCUT2D eigenvalue weighted by Gasteiger charge is 2.17. The topological polar surface area (TPSA) is 64.6 Å². The molecule has 5 nitrogen and oxygen atoms in total. The zero-order chi connectivity index (χ0) is 18.9. The van der Waals surface area contributed by atoms with Gasteiger partial charge in [0.1, 0.15) is 11.6 Å². The van der Waals surface area contributed by atoms with E-state index in [0.29, 0.717) is 18.0 Å². The standard InChI is InChI=1S/C20H20FNO4/c1-3-25-18-10-5-4-7-15(18)11-12-19(23)26-14(2)20(24)22-17-9-6-8-16(21)13-17/h4-14H,3H2,1-2H3,(H,22,24)/b12-11+/t14-/m1/s1. The van der Waals surface area contributed by atoms with Crippen LogP contribution in [0.15, 0.2) is 54.6 Å². The quantitative estimate of drug-likeness (QED) is 0.605. The first-order valence-corrected chi connectivity index (χ1v) is 8.16. The molecule has 0 aliphatic heterocycles. The van der Waals surface area contributed by atoms with Gasteiger partial charge in [0.15, 0.2) is 6.10 Å². The molecular weight excluding hydrogens is 337 g/mol. The Morgan fingerprint density at radius 1 is 1.19 bits per heavy atom. The highest BCUT2D eigenvalue weighted by atomic mass is 19.1. The summed E-state index contributed by atoms with van der Waals surface area (Å²) in [6, 6.07) is 12.7. The molecule has 136 valence electrons. The number of halogens is 1. The highest BCUT2D eigenvalue weighted by molar-refractivity contribution is 5.96. The van der Waals surface area contributed by atoms with Gasteiger partial charge in [-0.2, -0.15) is 0 Å². The predicted octanol–water partition coefficient (Wildman–Crippen LogP) is 3.81. The molecule has 0 aliphatic rings. The fourth-order valence-corrected chi connectivity index (χ4v) is 2.14. The van der Waals surface area contributed by atoms with Gasteiger partial charge in [-0.3, -0.25) is 4.79 Å². The number of benzene rings is 2. The van der Waals surface area contributed by atoms with Crippen molar-refractivity contribution in [3.63, 3.8) is 0 Å². The lowest BCUT2D eigenvalue weighted by atomic mass is 10.2. The number of anilines is 1. The number of hydrogen-bond donors (Lipinski definition) is 1. The Labute approximate surface area is 151 Å². The second-order valence-corrected chi connectivity index (χ2v) is 5.38. The third-order valence-electron chi connectivity index (χ3n) is 3.37. The minimum absolute atomic E-state index is 0.291. The molecule has 1 N–H and O–H groups in total. The normalized spacial score (nSPS) is 11.8. The second-order valence-electron chi connectivity index (χ2n) is 5.38. The van der Waals surface area contributed by atoms with Gasteiger partial charge in [-0.25, -0.2) is 9.18 Å². The largest absolute Gasteiger partial charge is 0.493 e. The Kier molecular flexibility index (Phi) is 6.91. The number of esters is 1. The lowest BCUT2D eigenvalue weighted by Crippen LogP contribution is -2.29. The van der Waals surface area contributed by atoms with Crippen molar-refractivity contribution in [2.24, 2.45) is 0 Å². The van der Waals surface area contributed by atoms with Gasteiger partial charge in [0, 0.05) is 17.3 Å². The SMILES string of the molecule is CCOc1ccccc1/C=C/C(=O)O[C@H](C)C(=O)Nc1cccc(F)c1. The van der Waals surface area contributed by atoms with Crippen LogP contribution in [0, 0.1) is 5.82 Å². The van der Waals surface area contributed by atoms with Gasteiger partial charge in [-0.15, -0.1) is 0 Å². The number of hydrogen-bond acceptors (Lipinski definition) is 4. The molecule has 0 heterocycles. The number of amides is 1. The van der Waals surface area contributed by atoms with E-state index in [1.165, 1.54) is 31.2 Å². The number of carbonyl (C=O) groups is 2. The third-order valence-corrected chi connectivity index (χ3v) is 3.37. The van der Waals surface area contributed by atoms with Crippen LogP contribution in [0.2, 0.25) is 0 Å². The number of ether oxygens (including phenoxy) is 2. The molecule has 2 aromatic carbocycles. The first-order chi connectivity index (χ1) is 12.5. The van der Waals surface area contributed by atoms with Gasteiger partial charge in [0.2, 0.25) is 0 Å².